The molecule has 0 saturated carbocycles. The number of Topliss-reactive ketones (excluding diaryl/α,β-unsaturated/α-hetero) is 1. The molecule has 0 aliphatic heterocycles. The van der Waals surface area contributed by atoms with Crippen LogP contribution in [0.4, 0.5) is 0 Å². The predicted octanol–water partition coefficient (Wildman–Crippen LogP) is 6.20. The molecule has 0 aliphatic carbocycles. The van der Waals surface area contributed by atoms with E-state index in [-0.39, 0.29) is 0 Å². The second-order valence-corrected chi connectivity index (χ2v) is 16.5. The van der Waals surface area contributed by atoms with Gasteiger partial charge >= 0.3 is 124 Å². The van der Waals surface area contributed by atoms with Crippen molar-refractivity contribution in [1.29, 1.82) is 0 Å². The van der Waals surface area contributed by atoms with E-state index in [1.165, 1.54) is 54.3 Å². The van der Waals surface area contributed by atoms with Crippen molar-refractivity contribution in [3.05, 3.63) is 0 Å². The molecule has 0 atom stereocenters. The Bertz CT molecular complexity index is 204. The third-order valence-corrected chi connectivity index (χ3v) is 15.6. The van der Waals surface area contributed by atoms with Crippen LogP contribution in [0.2, 0.25) is 21.0 Å². The van der Waals surface area contributed by atoms with Gasteiger partial charge < -0.3 is 0 Å². The van der Waals surface area contributed by atoms with E-state index in [0.29, 0.717) is 5.78 Å². The van der Waals surface area contributed by atoms with Crippen molar-refractivity contribution in [2.45, 2.75) is 100 Å². The van der Waals surface area contributed by atoms with Crippen molar-refractivity contribution in [2.24, 2.45) is 0 Å². The van der Waals surface area contributed by atoms with Gasteiger partial charge in [0.05, 0.1) is 0 Å². The van der Waals surface area contributed by atoms with Crippen molar-refractivity contribution in [3.8, 4) is 0 Å². The minimum absolute atomic E-state index is 0.589. The molecule has 0 aromatic rings. The summed E-state index contributed by atoms with van der Waals surface area (Å²) in [5, 5.41) is 5.39. The number of rotatable bonds is 13. The Hall–Kier alpha value is 0.213. The summed E-state index contributed by atoms with van der Waals surface area (Å²) in [6.45, 7) is 9.01. The fraction of sp³-hybridized carbons (Fsp3) is 0.941. The molecule has 0 aliphatic rings. The van der Waals surface area contributed by atoms with Crippen molar-refractivity contribution >= 4 is 19.0 Å². The van der Waals surface area contributed by atoms with E-state index in [9.17, 15) is 4.79 Å². The van der Waals surface area contributed by atoms with Crippen LogP contribution in [0.1, 0.15) is 79.1 Å². The summed E-state index contributed by atoms with van der Waals surface area (Å²) in [5.41, 5.74) is 0. The molecule has 0 rings (SSSR count). The number of carbonyl (C=O) groups excluding carboxylic acids is 1. The van der Waals surface area contributed by atoms with Gasteiger partial charge in [0, 0.05) is 0 Å². The summed E-state index contributed by atoms with van der Waals surface area (Å²) in [6.07, 6.45) is 9.87. The van der Waals surface area contributed by atoms with Crippen LogP contribution in [-0.2, 0) is 4.79 Å². The van der Waals surface area contributed by atoms with Gasteiger partial charge in [-0.1, -0.05) is 0 Å². The van der Waals surface area contributed by atoms with Crippen molar-refractivity contribution in [3.63, 3.8) is 0 Å². The summed E-state index contributed by atoms with van der Waals surface area (Å²) < 4.78 is 0. The zero-order valence-corrected chi connectivity index (χ0v) is 16.0. The molecule has 2 heteroatoms. The van der Waals surface area contributed by atoms with Gasteiger partial charge in [-0.2, -0.15) is 0 Å². The Morgan fingerprint density at radius 1 is 0.737 bits per heavy atom. The SMILES string of the molecule is CCC[CH2][Ge]([CH2]CCC)([CH2]CCC)[CH2]C(=O)CCC. The number of ketones is 1. The third kappa shape index (κ3) is 8.88. The standard InChI is InChI=1S/C17H36GeO/c1-5-9-13-18(14-10-6-2,15-11-7-3)16-17(19)12-8-4/h5-16H2,1-4H3. The molecule has 0 amide bonds. The molecule has 0 fully saturated rings. The topological polar surface area (TPSA) is 17.1 Å². The van der Waals surface area contributed by atoms with Crippen molar-refractivity contribution in [1.82, 2.24) is 0 Å². The van der Waals surface area contributed by atoms with Crippen LogP contribution in [0.25, 0.3) is 0 Å². The summed E-state index contributed by atoms with van der Waals surface area (Å²) >= 11 is -1.88. The molecule has 0 spiro atoms. The monoisotopic (exact) mass is 330 g/mol. The van der Waals surface area contributed by atoms with Gasteiger partial charge in [-0.3, -0.25) is 0 Å². The van der Waals surface area contributed by atoms with Crippen LogP contribution in [0.5, 0.6) is 0 Å². The second-order valence-electron chi connectivity index (χ2n) is 6.28. The molecule has 0 aromatic carbocycles. The average Bonchev–Trinajstić information content (AvgIpc) is 2.40. The number of hydrogen-bond acceptors (Lipinski definition) is 1. The Labute approximate surface area is 124 Å². The van der Waals surface area contributed by atoms with Crippen LogP contribution in [0, 0.1) is 0 Å². The van der Waals surface area contributed by atoms with E-state index in [1.807, 2.05) is 0 Å². The molecule has 0 N–H and O–H groups in total. The molecular formula is C17H36GeO. The van der Waals surface area contributed by atoms with Crippen LogP contribution < -0.4 is 0 Å². The van der Waals surface area contributed by atoms with Gasteiger partial charge in [-0.05, 0) is 0 Å². The van der Waals surface area contributed by atoms with Gasteiger partial charge in [-0.25, -0.2) is 0 Å². The molecular weight excluding hydrogens is 293 g/mol. The summed E-state index contributed by atoms with van der Waals surface area (Å²) in [5.74, 6) is 0.589. The van der Waals surface area contributed by atoms with E-state index in [1.54, 1.807) is 0 Å². The van der Waals surface area contributed by atoms with Crippen molar-refractivity contribution < 1.29 is 4.79 Å². The average molecular weight is 329 g/mol. The first kappa shape index (κ1) is 19.2. The first-order valence-electron chi connectivity index (χ1n) is 8.65. The maximum absolute atomic E-state index is 12.2. The maximum atomic E-state index is 12.2. The number of carbonyl (C=O) groups is 1. The predicted molar refractivity (Wildman–Crippen MR) is 89.6 cm³/mol. The molecule has 1 nitrogen and oxygen atoms in total. The van der Waals surface area contributed by atoms with Gasteiger partial charge in [0.1, 0.15) is 0 Å². The molecule has 0 bridgehead atoms. The zero-order valence-electron chi connectivity index (χ0n) is 13.9. The van der Waals surface area contributed by atoms with Gasteiger partial charge in [0.2, 0.25) is 0 Å². The van der Waals surface area contributed by atoms with Crippen LogP contribution >= 0.6 is 0 Å². The zero-order chi connectivity index (χ0) is 14.6. The van der Waals surface area contributed by atoms with Gasteiger partial charge in [-0.15, -0.1) is 0 Å². The molecule has 0 heterocycles. The Balaban J connectivity index is 4.70. The van der Waals surface area contributed by atoms with Crippen molar-refractivity contribution in [2.75, 3.05) is 0 Å². The fourth-order valence-electron chi connectivity index (χ4n) is 3.08. The summed E-state index contributed by atoms with van der Waals surface area (Å²) in [4.78, 5) is 12.2. The number of unbranched alkanes of at least 4 members (excludes halogenated alkanes) is 3. The quantitative estimate of drug-likeness (QED) is 0.367. The normalized spacial score (nSPS) is 11.8. The number of hydrogen-bond donors (Lipinski definition) is 0. The van der Waals surface area contributed by atoms with Crippen LogP contribution in [-0.4, -0.2) is 19.0 Å². The van der Waals surface area contributed by atoms with Crippen LogP contribution in [0.3, 0.4) is 0 Å². The first-order valence-corrected chi connectivity index (χ1v) is 14.6. The van der Waals surface area contributed by atoms with E-state index in [4.69, 9.17) is 0 Å². The Morgan fingerprint density at radius 3 is 1.47 bits per heavy atom. The molecule has 0 unspecified atom stereocenters. The van der Waals surface area contributed by atoms with Gasteiger partial charge in [0.15, 0.2) is 0 Å². The van der Waals surface area contributed by atoms with E-state index >= 15 is 0 Å². The third-order valence-electron chi connectivity index (χ3n) is 4.28. The molecule has 0 saturated heterocycles. The Morgan fingerprint density at radius 2 is 1.16 bits per heavy atom. The molecule has 114 valence electrons. The molecule has 0 radical (unpaired) electrons. The van der Waals surface area contributed by atoms with Crippen LogP contribution in [0.15, 0.2) is 0 Å². The van der Waals surface area contributed by atoms with E-state index < -0.39 is 13.3 Å². The summed E-state index contributed by atoms with van der Waals surface area (Å²) in [6, 6.07) is 0. The van der Waals surface area contributed by atoms with Gasteiger partial charge in [0.25, 0.3) is 0 Å². The Kier molecular flexibility index (Phi) is 12.1. The molecule has 0 aromatic heterocycles. The van der Waals surface area contributed by atoms with E-state index in [0.717, 1.165) is 18.1 Å². The minimum atomic E-state index is -1.88. The second kappa shape index (κ2) is 12.0. The summed E-state index contributed by atoms with van der Waals surface area (Å²) in [7, 11) is 0. The van der Waals surface area contributed by atoms with E-state index in [2.05, 4.69) is 27.7 Å². The molecule has 19 heavy (non-hydrogen) atoms. The fourth-order valence-corrected chi connectivity index (χ4v) is 14.8. The first-order chi connectivity index (χ1) is 9.14.